The highest BCUT2D eigenvalue weighted by Crippen LogP contribution is 2.20. The summed E-state index contributed by atoms with van der Waals surface area (Å²) < 4.78 is 5.20. The van der Waals surface area contributed by atoms with E-state index in [4.69, 9.17) is 9.84 Å². The van der Waals surface area contributed by atoms with Gasteiger partial charge in [0.1, 0.15) is 5.54 Å². The van der Waals surface area contributed by atoms with Crippen LogP contribution in [0.3, 0.4) is 0 Å². The zero-order chi connectivity index (χ0) is 16.3. The molecule has 4 nitrogen and oxygen atoms in total. The van der Waals surface area contributed by atoms with Gasteiger partial charge in [-0.2, -0.15) is 11.8 Å². The lowest BCUT2D eigenvalue weighted by atomic mass is 9.94. The second-order valence-corrected chi connectivity index (χ2v) is 7.55. The zero-order valence-electron chi connectivity index (χ0n) is 14.3. The quantitative estimate of drug-likeness (QED) is 0.428. The van der Waals surface area contributed by atoms with E-state index in [0.717, 1.165) is 31.4 Å². The Bertz CT molecular complexity index is 287. The first-order valence-electron chi connectivity index (χ1n) is 8.03. The second-order valence-electron chi connectivity index (χ2n) is 6.00. The molecule has 0 aromatic rings. The number of hydrogen-bond donors (Lipinski definition) is 2. The van der Waals surface area contributed by atoms with E-state index in [9.17, 15) is 4.79 Å². The van der Waals surface area contributed by atoms with Crippen LogP contribution in [0, 0.1) is 0 Å². The van der Waals surface area contributed by atoms with Crippen molar-refractivity contribution in [1.29, 1.82) is 0 Å². The molecular weight excluding hydrogens is 286 g/mol. The fourth-order valence-electron chi connectivity index (χ4n) is 2.29. The number of ether oxygens (including phenoxy) is 1. The van der Waals surface area contributed by atoms with E-state index in [1.54, 1.807) is 0 Å². The molecule has 0 radical (unpaired) electrons. The first-order valence-corrected chi connectivity index (χ1v) is 9.08. The van der Waals surface area contributed by atoms with Gasteiger partial charge < -0.3 is 9.84 Å². The topological polar surface area (TPSA) is 58.6 Å². The molecule has 0 fully saturated rings. The first kappa shape index (κ1) is 20.7. The van der Waals surface area contributed by atoms with E-state index < -0.39 is 5.54 Å². The van der Waals surface area contributed by atoms with E-state index in [1.807, 2.05) is 39.5 Å². The van der Waals surface area contributed by atoms with Gasteiger partial charge in [-0.05, 0) is 52.7 Å². The molecule has 2 unspecified atom stereocenters. The Morgan fingerprint density at radius 1 is 1.33 bits per heavy atom. The van der Waals surface area contributed by atoms with Crippen molar-refractivity contribution in [3.63, 3.8) is 0 Å². The van der Waals surface area contributed by atoms with Crippen LogP contribution in [0.5, 0.6) is 0 Å². The number of aliphatic hydroxyl groups excluding tert-OH is 1. The molecule has 0 rings (SSSR count). The van der Waals surface area contributed by atoms with Crippen molar-refractivity contribution >= 4 is 17.7 Å². The lowest BCUT2D eigenvalue weighted by molar-refractivity contribution is -0.151. The monoisotopic (exact) mass is 319 g/mol. The number of unbranched alkanes of at least 4 members (excludes halogenated alkanes) is 1. The summed E-state index contributed by atoms with van der Waals surface area (Å²) in [7, 11) is 0. The van der Waals surface area contributed by atoms with Gasteiger partial charge in [0.25, 0.3) is 0 Å². The Labute approximate surface area is 134 Å². The average molecular weight is 320 g/mol. The number of aliphatic hydroxyl groups is 1. The summed E-state index contributed by atoms with van der Waals surface area (Å²) in [6, 6.07) is 0.248. The lowest BCUT2D eigenvalue weighted by Gasteiger charge is -2.30. The Morgan fingerprint density at radius 3 is 2.52 bits per heavy atom. The van der Waals surface area contributed by atoms with E-state index in [1.165, 1.54) is 0 Å². The maximum Gasteiger partial charge on any atom is 0.326 e. The summed E-state index contributed by atoms with van der Waals surface area (Å²) in [5.41, 5.74) is -0.592. The number of hydrogen-bond acceptors (Lipinski definition) is 5. The van der Waals surface area contributed by atoms with Crippen LogP contribution in [0.4, 0.5) is 0 Å². The van der Waals surface area contributed by atoms with Crippen LogP contribution < -0.4 is 5.32 Å². The van der Waals surface area contributed by atoms with Crippen LogP contribution in [-0.4, -0.2) is 46.9 Å². The van der Waals surface area contributed by atoms with Gasteiger partial charge in [0.2, 0.25) is 0 Å². The molecule has 0 heterocycles. The minimum atomic E-state index is -0.592. The highest BCUT2D eigenvalue weighted by atomic mass is 32.2. The summed E-state index contributed by atoms with van der Waals surface area (Å²) in [5, 5.41) is 12.7. The molecule has 2 atom stereocenters. The number of thioether (sulfide) groups is 1. The SMILES string of the molecule is CCOC(=O)C(C)(CCCCSC(C)CCO)NC(C)C. The number of esters is 1. The highest BCUT2D eigenvalue weighted by Gasteiger charge is 2.34. The largest absolute Gasteiger partial charge is 0.465 e. The summed E-state index contributed by atoms with van der Waals surface area (Å²) in [5.74, 6) is 0.918. The number of nitrogens with one attached hydrogen (secondary N) is 1. The normalized spacial score (nSPS) is 15.8. The Hall–Kier alpha value is -0.260. The summed E-state index contributed by atoms with van der Waals surface area (Å²) >= 11 is 1.89. The summed E-state index contributed by atoms with van der Waals surface area (Å²) in [6.07, 6.45) is 3.71. The van der Waals surface area contributed by atoms with Crippen LogP contribution in [-0.2, 0) is 9.53 Å². The van der Waals surface area contributed by atoms with Gasteiger partial charge >= 0.3 is 5.97 Å². The molecule has 5 heteroatoms. The first-order chi connectivity index (χ1) is 9.85. The number of carbonyl (C=O) groups is 1. The van der Waals surface area contributed by atoms with Gasteiger partial charge in [-0.15, -0.1) is 0 Å². The third kappa shape index (κ3) is 9.38. The van der Waals surface area contributed by atoms with Crippen molar-refractivity contribution in [1.82, 2.24) is 5.32 Å². The summed E-state index contributed by atoms with van der Waals surface area (Å²) in [6.45, 7) is 10.7. The molecule has 0 saturated carbocycles. The maximum absolute atomic E-state index is 12.1. The predicted octanol–water partition coefficient (Wildman–Crippen LogP) is 2.98. The Balaban J connectivity index is 4.16. The van der Waals surface area contributed by atoms with Crippen molar-refractivity contribution in [2.24, 2.45) is 0 Å². The second kappa shape index (κ2) is 11.3. The van der Waals surface area contributed by atoms with Crippen LogP contribution in [0.25, 0.3) is 0 Å². The van der Waals surface area contributed by atoms with Crippen molar-refractivity contribution in [2.45, 2.75) is 77.1 Å². The molecule has 0 aliphatic heterocycles. The minimum absolute atomic E-state index is 0.153. The molecule has 0 aliphatic rings. The molecule has 0 aliphatic carbocycles. The Kier molecular flexibility index (Phi) is 11.2. The third-order valence-corrected chi connectivity index (χ3v) is 4.67. The fraction of sp³-hybridized carbons (Fsp3) is 0.938. The zero-order valence-corrected chi connectivity index (χ0v) is 15.1. The van der Waals surface area contributed by atoms with Gasteiger partial charge in [-0.1, -0.05) is 13.3 Å². The highest BCUT2D eigenvalue weighted by molar-refractivity contribution is 7.99. The third-order valence-electron chi connectivity index (χ3n) is 3.34. The predicted molar refractivity (Wildman–Crippen MR) is 90.8 cm³/mol. The molecule has 126 valence electrons. The number of carbonyl (C=O) groups excluding carboxylic acids is 1. The molecule has 0 amide bonds. The van der Waals surface area contributed by atoms with E-state index in [-0.39, 0.29) is 18.6 Å². The average Bonchev–Trinajstić information content (AvgIpc) is 2.38. The van der Waals surface area contributed by atoms with Crippen molar-refractivity contribution < 1.29 is 14.6 Å². The van der Waals surface area contributed by atoms with Gasteiger partial charge in [-0.3, -0.25) is 10.1 Å². The van der Waals surface area contributed by atoms with Gasteiger partial charge in [-0.25, -0.2) is 0 Å². The number of rotatable bonds is 12. The van der Waals surface area contributed by atoms with Crippen LogP contribution in [0.1, 0.15) is 60.3 Å². The molecular formula is C16H33NO3S. The maximum atomic E-state index is 12.1. The van der Waals surface area contributed by atoms with Gasteiger partial charge in [0.15, 0.2) is 0 Å². The molecule has 21 heavy (non-hydrogen) atoms. The molecule has 0 saturated heterocycles. The molecule has 0 aromatic heterocycles. The lowest BCUT2D eigenvalue weighted by Crippen LogP contribution is -2.53. The smallest absolute Gasteiger partial charge is 0.326 e. The van der Waals surface area contributed by atoms with E-state index in [0.29, 0.717) is 11.9 Å². The van der Waals surface area contributed by atoms with Gasteiger partial charge in [0, 0.05) is 17.9 Å². The van der Waals surface area contributed by atoms with Crippen molar-refractivity contribution in [3.05, 3.63) is 0 Å². The van der Waals surface area contributed by atoms with Crippen molar-refractivity contribution in [3.8, 4) is 0 Å². The van der Waals surface area contributed by atoms with E-state index in [2.05, 4.69) is 12.2 Å². The summed E-state index contributed by atoms with van der Waals surface area (Å²) in [4.78, 5) is 12.1. The standard InChI is InChI=1S/C16H33NO3S/c1-6-20-15(19)16(5,17-13(2)3)10-7-8-12-21-14(4)9-11-18/h13-14,17-18H,6-12H2,1-5H3. The van der Waals surface area contributed by atoms with E-state index >= 15 is 0 Å². The molecule has 2 N–H and O–H groups in total. The van der Waals surface area contributed by atoms with Gasteiger partial charge in [0.05, 0.1) is 6.61 Å². The molecule has 0 bridgehead atoms. The van der Waals surface area contributed by atoms with Crippen LogP contribution >= 0.6 is 11.8 Å². The van der Waals surface area contributed by atoms with Crippen LogP contribution in [0.15, 0.2) is 0 Å². The molecule has 0 aromatic carbocycles. The molecule has 0 spiro atoms. The van der Waals surface area contributed by atoms with Crippen molar-refractivity contribution in [2.75, 3.05) is 19.0 Å². The fourth-order valence-corrected chi connectivity index (χ4v) is 3.34. The minimum Gasteiger partial charge on any atom is -0.465 e. The Morgan fingerprint density at radius 2 is 2.00 bits per heavy atom. The van der Waals surface area contributed by atoms with Crippen LogP contribution in [0.2, 0.25) is 0 Å².